The van der Waals surface area contributed by atoms with E-state index in [1.54, 1.807) is 12.1 Å². The standard InChI is InChI=1S/C10H13FN2/c1-2-4-10(13-12)8-5-3-6-9(11)7-8/h2-3,5-7,10,13H,1,4,12H2. The molecule has 0 amide bonds. The Bertz CT molecular complexity index is 286. The third kappa shape index (κ3) is 2.65. The molecule has 13 heavy (non-hydrogen) atoms. The number of halogens is 1. The predicted molar refractivity (Wildman–Crippen MR) is 51.3 cm³/mol. The molecule has 1 aromatic carbocycles. The lowest BCUT2D eigenvalue weighted by molar-refractivity contribution is 0.553. The van der Waals surface area contributed by atoms with Crippen molar-refractivity contribution in [3.8, 4) is 0 Å². The zero-order chi connectivity index (χ0) is 9.68. The van der Waals surface area contributed by atoms with E-state index in [1.807, 2.05) is 6.07 Å². The van der Waals surface area contributed by atoms with Crippen LogP contribution in [0.3, 0.4) is 0 Å². The summed E-state index contributed by atoms with van der Waals surface area (Å²) in [6, 6.07) is 6.31. The van der Waals surface area contributed by atoms with Gasteiger partial charge < -0.3 is 0 Å². The summed E-state index contributed by atoms with van der Waals surface area (Å²) >= 11 is 0. The Morgan fingerprint density at radius 3 is 2.92 bits per heavy atom. The lowest BCUT2D eigenvalue weighted by Gasteiger charge is -2.13. The first kappa shape index (κ1) is 9.89. The Kier molecular flexibility index (Phi) is 3.61. The summed E-state index contributed by atoms with van der Waals surface area (Å²) in [5.74, 6) is 5.07. The fourth-order valence-corrected chi connectivity index (χ4v) is 1.19. The summed E-state index contributed by atoms with van der Waals surface area (Å²) < 4.78 is 12.8. The Morgan fingerprint density at radius 1 is 1.62 bits per heavy atom. The molecule has 1 aromatic rings. The molecule has 0 aliphatic rings. The monoisotopic (exact) mass is 180 g/mol. The maximum Gasteiger partial charge on any atom is 0.123 e. The minimum absolute atomic E-state index is 0.0619. The maximum absolute atomic E-state index is 12.8. The van der Waals surface area contributed by atoms with Gasteiger partial charge >= 0.3 is 0 Å². The number of hydrogen-bond donors (Lipinski definition) is 2. The van der Waals surface area contributed by atoms with Gasteiger partial charge in [-0.15, -0.1) is 6.58 Å². The van der Waals surface area contributed by atoms with E-state index < -0.39 is 0 Å². The van der Waals surface area contributed by atoms with Gasteiger partial charge in [0.25, 0.3) is 0 Å². The fraction of sp³-hybridized carbons (Fsp3) is 0.200. The highest BCUT2D eigenvalue weighted by Crippen LogP contribution is 2.16. The Hall–Kier alpha value is -1.19. The molecule has 0 saturated heterocycles. The quantitative estimate of drug-likeness (QED) is 0.422. The van der Waals surface area contributed by atoms with Crippen LogP contribution in [0.2, 0.25) is 0 Å². The van der Waals surface area contributed by atoms with Crippen LogP contribution in [0.5, 0.6) is 0 Å². The highest BCUT2D eigenvalue weighted by molar-refractivity contribution is 5.20. The Labute approximate surface area is 77.2 Å². The Morgan fingerprint density at radius 2 is 2.38 bits per heavy atom. The molecule has 0 heterocycles. The summed E-state index contributed by atoms with van der Waals surface area (Å²) in [4.78, 5) is 0. The van der Waals surface area contributed by atoms with Crippen molar-refractivity contribution in [2.45, 2.75) is 12.5 Å². The van der Waals surface area contributed by atoms with Crippen LogP contribution in [0, 0.1) is 5.82 Å². The molecule has 0 spiro atoms. The number of hydrogen-bond acceptors (Lipinski definition) is 2. The lowest BCUT2D eigenvalue weighted by Crippen LogP contribution is -2.27. The minimum atomic E-state index is -0.248. The number of nitrogens with two attached hydrogens (primary N) is 1. The van der Waals surface area contributed by atoms with Gasteiger partial charge in [-0.1, -0.05) is 18.2 Å². The second kappa shape index (κ2) is 4.74. The molecule has 3 heteroatoms. The molecule has 1 rings (SSSR count). The minimum Gasteiger partial charge on any atom is -0.271 e. The van der Waals surface area contributed by atoms with Gasteiger partial charge in [-0.05, 0) is 24.1 Å². The normalized spacial score (nSPS) is 12.5. The van der Waals surface area contributed by atoms with E-state index >= 15 is 0 Å². The lowest BCUT2D eigenvalue weighted by atomic mass is 10.0. The van der Waals surface area contributed by atoms with Gasteiger partial charge in [0.15, 0.2) is 0 Å². The molecule has 3 N–H and O–H groups in total. The molecule has 70 valence electrons. The fourth-order valence-electron chi connectivity index (χ4n) is 1.19. The van der Waals surface area contributed by atoms with E-state index in [2.05, 4.69) is 12.0 Å². The summed E-state index contributed by atoms with van der Waals surface area (Å²) in [6.07, 6.45) is 2.43. The average Bonchev–Trinajstić information content (AvgIpc) is 2.14. The van der Waals surface area contributed by atoms with Crippen molar-refractivity contribution in [3.05, 3.63) is 48.3 Å². The van der Waals surface area contributed by atoms with Gasteiger partial charge in [0.1, 0.15) is 5.82 Å². The number of hydrazine groups is 1. The van der Waals surface area contributed by atoms with Crippen molar-refractivity contribution in [3.63, 3.8) is 0 Å². The van der Waals surface area contributed by atoms with E-state index in [0.29, 0.717) is 6.42 Å². The van der Waals surface area contributed by atoms with Crippen molar-refractivity contribution < 1.29 is 4.39 Å². The van der Waals surface area contributed by atoms with E-state index in [4.69, 9.17) is 5.84 Å². The zero-order valence-corrected chi connectivity index (χ0v) is 7.33. The summed E-state index contributed by atoms with van der Waals surface area (Å²) in [5.41, 5.74) is 3.44. The van der Waals surface area contributed by atoms with Crippen LogP contribution in [0.1, 0.15) is 18.0 Å². The van der Waals surface area contributed by atoms with Gasteiger partial charge in [-0.25, -0.2) is 4.39 Å². The van der Waals surface area contributed by atoms with E-state index in [1.165, 1.54) is 12.1 Å². The van der Waals surface area contributed by atoms with Crippen LogP contribution >= 0.6 is 0 Å². The van der Waals surface area contributed by atoms with E-state index in [0.717, 1.165) is 5.56 Å². The van der Waals surface area contributed by atoms with Crippen LogP contribution in [0.25, 0.3) is 0 Å². The van der Waals surface area contributed by atoms with Gasteiger partial charge in [-0.2, -0.15) is 0 Å². The highest BCUT2D eigenvalue weighted by atomic mass is 19.1. The largest absolute Gasteiger partial charge is 0.271 e. The molecule has 0 aliphatic carbocycles. The molecular weight excluding hydrogens is 167 g/mol. The van der Waals surface area contributed by atoms with Crippen molar-refractivity contribution in [2.75, 3.05) is 0 Å². The average molecular weight is 180 g/mol. The smallest absolute Gasteiger partial charge is 0.123 e. The first-order valence-electron chi connectivity index (χ1n) is 4.10. The molecule has 0 bridgehead atoms. The summed E-state index contributed by atoms with van der Waals surface area (Å²) in [5, 5.41) is 0. The molecular formula is C10H13FN2. The van der Waals surface area contributed by atoms with Crippen LogP contribution < -0.4 is 11.3 Å². The molecule has 2 nitrogen and oxygen atoms in total. The van der Waals surface area contributed by atoms with Crippen molar-refractivity contribution in [1.82, 2.24) is 5.43 Å². The molecule has 0 fully saturated rings. The number of benzene rings is 1. The van der Waals surface area contributed by atoms with Gasteiger partial charge in [-0.3, -0.25) is 11.3 Å². The van der Waals surface area contributed by atoms with E-state index in [9.17, 15) is 4.39 Å². The molecule has 1 atom stereocenters. The summed E-state index contributed by atoms with van der Waals surface area (Å²) in [7, 11) is 0. The maximum atomic E-state index is 12.8. The number of nitrogens with one attached hydrogen (secondary N) is 1. The summed E-state index contributed by atoms with van der Waals surface area (Å²) in [6.45, 7) is 3.61. The first-order chi connectivity index (χ1) is 6.27. The van der Waals surface area contributed by atoms with Crippen molar-refractivity contribution in [2.24, 2.45) is 5.84 Å². The van der Waals surface area contributed by atoms with Gasteiger partial charge in [0.05, 0.1) is 0 Å². The van der Waals surface area contributed by atoms with Crippen LogP contribution in [-0.4, -0.2) is 0 Å². The van der Waals surface area contributed by atoms with Crippen LogP contribution in [-0.2, 0) is 0 Å². The first-order valence-corrected chi connectivity index (χ1v) is 4.10. The molecule has 0 aliphatic heterocycles. The highest BCUT2D eigenvalue weighted by Gasteiger charge is 2.07. The second-order valence-corrected chi connectivity index (χ2v) is 2.80. The molecule has 0 radical (unpaired) electrons. The molecule has 1 unspecified atom stereocenters. The number of rotatable bonds is 4. The van der Waals surface area contributed by atoms with Crippen LogP contribution in [0.4, 0.5) is 4.39 Å². The Balaban J connectivity index is 2.84. The van der Waals surface area contributed by atoms with Crippen molar-refractivity contribution in [1.29, 1.82) is 0 Å². The van der Waals surface area contributed by atoms with Gasteiger partial charge in [0.2, 0.25) is 0 Å². The SMILES string of the molecule is C=CCC(NN)c1cccc(F)c1. The van der Waals surface area contributed by atoms with Crippen LogP contribution in [0.15, 0.2) is 36.9 Å². The molecule has 0 aromatic heterocycles. The van der Waals surface area contributed by atoms with E-state index in [-0.39, 0.29) is 11.9 Å². The van der Waals surface area contributed by atoms with Gasteiger partial charge in [0, 0.05) is 6.04 Å². The molecule has 0 saturated carbocycles. The zero-order valence-electron chi connectivity index (χ0n) is 7.33. The third-order valence-corrected chi connectivity index (χ3v) is 1.85. The topological polar surface area (TPSA) is 38.0 Å². The predicted octanol–water partition coefficient (Wildman–Crippen LogP) is 1.91. The third-order valence-electron chi connectivity index (χ3n) is 1.85. The van der Waals surface area contributed by atoms with Crippen molar-refractivity contribution >= 4 is 0 Å². The second-order valence-electron chi connectivity index (χ2n) is 2.80.